The first-order chi connectivity index (χ1) is 13.2. The maximum Gasteiger partial charge on any atom is 0.229 e. The minimum atomic E-state index is 0.511. The Kier molecular flexibility index (Phi) is 3.81. The quantitative estimate of drug-likeness (QED) is 0.767. The van der Waals surface area contributed by atoms with Crippen LogP contribution in [0.1, 0.15) is 42.9 Å². The van der Waals surface area contributed by atoms with Crippen LogP contribution in [0.4, 0.5) is 17.5 Å². The van der Waals surface area contributed by atoms with Crippen LogP contribution >= 0.6 is 0 Å². The average Bonchev–Trinajstić information content (AvgIpc) is 3.33. The van der Waals surface area contributed by atoms with E-state index in [1.807, 2.05) is 13.1 Å². The number of hydrogen-bond acceptors (Lipinski definition) is 6. The first-order valence-corrected chi connectivity index (χ1v) is 9.58. The van der Waals surface area contributed by atoms with Gasteiger partial charge in [-0.1, -0.05) is 30.5 Å². The van der Waals surface area contributed by atoms with Crippen molar-refractivity contribution in [2.75, 3.05) is 10.2 Å². The lowest BCUT2D eigenvalue weighted by molar-refractivity contribution is 0.566. The van der Waals surface area contributed by atoms with E-state index in [1.54, 1.807) is 0 Å². The smallest absolute Gasteiger partial charge is 0.229 e. The van der Waals surface area contributed by atoms with Gasteiger partial charge in [-0.2, -0.15) is 4.98 Å². The number of nitrogens with zero attached hydrogens (tertiary/aromatic N) is 6. The number of nitrogens with one attached hydrogen (secondary N) is 1. The molecule has 7 heteroatoms. The molecule has 7 nitrogen and oxygen atoms in total. The van der Waals surface area contributed by atoms with Crippen molar-refractivity contribution in [1.29, 1.82) is 0 Å². The molecule has 0 bridgehead atoms. The van der Waals surface area contributed by atoms with E-state index in [0.717, 1.165) is 35.4 Å². The van der Waals surface area contributed by atoms with Crippen LogP contribution in [0.15, 0.2) is 30.5 Å². The zero-order valence-corrected chi connectivity index (χ0v) is 15.7. The summed E-state index contributed by atoms with van der Waals surface area (Å²) in [4.78, 5) is 11.9. The molecule has 2 aromatic heterocycles. The van der Waals surface area contributed by atoms with Gasteiger partial charge < -0.3 is 10.2 Å². The van der Waals surface area contributed by atoms with Crippen LogP contribution in [-0.4, -0.2) is 30.8 Å². The van der Waals surface area contributed by atoms with Gasteiger partial charge in [0.25, 0.3) is 0 Å². The van der Waals surface area contributed by atoms with Crippen molar-refractivity contribution in [3.05, 3.63) is 47.7 Å². The van der Waals surface area contributed by atoms with Gasteiger partial charge in [0.05, 0.1) is 12.7 Å². The van der Waals surface area contributed by atoms with Gasteiger partial charge in [-0.15, -0.1) is 10.2 Å². The summed E-state index contributed by atoms with van der Waals surface area (Å²) in [6.45, 7) is 4.81. The third kappa shape index (κ3) is 2.83. The molecule has 3 heterocycles. The third-order valence-corrected chi connectivity index (χ3v) is 5.54. The van der Waals surface area contributed by atoms with E-state index in [2.05, 4.69) is 61.2 Å². The van der Waals surface area contributed by atoms with Crippen LogP contribution in [0.25, 0.3) is 5.69 Å². The molecule has 5 rings (SSSR count). The maximum atomic E-state index is 4.90. The zero-order chi connectivity index (χ0) is 18.4. The monoisotopic (exact) mass is 361 g/mol. The van der Waals surface area contributed by atoms with Gasteiger partial charge in [-0.3, -0.25) is 4.57 Å². The summed E-state index contributed by atoms with van der Waals surface area (Å²) in [6.07, 6.45) is 6.86. The summed E-state index contributed by atoms with van der Waals surface area (Å²) in [6, 6.07) is 8.78. The zero-order valence-electron chi connectivity index (χ0n) is 15.7. The van der Waals surface area contributed by atoms with Gasteiger partial charge in [-0.25, -0.2) is 4.98 Å². The van der Waals surface area contributed by atoms with Crippen molar-refractivity contribution in [2.45, 2.75) is 52.1 Å². The highest BCUT2D eigenvalue weighted by Crippen LogP contribution is 2.36. The van der Waals surface area contributed by atoms with Crippen molar-refractivity contribution in [3.8, 4) is 5.69 Å². The molecule has 0 spiro atoms. The van der Waals surface area contributed by atoms with E-state index >= 15 is 0 Å². The Morgan fingerprint density at radius 3 is 2.59 bits per heavy atom. The Hall–Kier alpha value is -2.96. The number of fused-ring (bicyclic) bond motifs is 3. The predicted octanol–water partition coefficient (Wildman–Crippen LogP) is 3.68. The Bertz CT molecular complexity index is 970. The molecule has 0 radical (unpaired) electrons. The maximum absolute atomic E-state index is 4.90. The number of aromatic nitrogens is 5. The highest BCUT2D eigenvalue weighted by Gasteiger charge is 2.33. The highest BCUT2D eigenvalue weighted by atomic mass is 15.4. The second-order valence-corrected chi connectivity index (χ2v) is 7.46. The molecule has 2 aliphatic rings. The van der Waals surface area contributed by atoms with E-state index in [-0.39, 0.29) is 0 Å². The fourth-order valence-electron chi connectivity index (χ4n) is 4.13. The highest BCUT2D eigenvalue weighted by molar-refractivity contribution is 5.64. The lowest BCUT2D eigenvalue weighted by Gasteiger charge is -2.35. The van der Waals surface area contributed by atoms with Gasteiger partial charge in [0, 0.05) is 11.7 Å². The normalized spacial score (nSPS) is 16.3. The lowest BCUT2D eigenvalue weighted by Crippen LogP contribution is -2.38. The van der Waals surface area contributed by atoms with Crippen LogP contribution in [0.2, 0.25) is 0 Å². The number of benzene rings is 1. The first-order valence-electron chi connectivity index (χ1n) is 9.58. The van der Waals surface area contributed by atoms with Crippen LogP contribution in [-0.2, 0) is 6.54 Å². The molecule has 0 amide bonds. The number of hydrogen-bond donors (Lipinski definition) is 1. The molecule has 1 aliphatic heterocycles. The van der Waals surface area contributed by atoms with E-state index in [1.165, 1.54) is 31.2 Å². The van der Waals surface area contributed by atoms with Gasteiger partial charge in [0.1, 0.15) is 11.5 Å². The van der Waals surface area contributed by atoms with Crippen LogP contribution in [0, 0.1) is 13.8 Å². The molecule has 1 aliphatic carbocycles. The Morgan fingerprint density at radius 1 is 1.04 bits per heavy atom. The second-order valence-electron chi connectivity index (χ2n) is 7.46. The molecule has 27 heavy (non-hydrogen) atoms. The lowest BCUT2D eigenvalue weighted by atomic mass is 10.1. The van der Waals surface area contributed by atoms with Gasteiger partial charge in [-0.05, 0) is 38.8 Å². The summed E-state index contributed by atoms with van der Waals surface area (Å²) < 4.78 is 2.08. The average molecular weight is 361 g/mol. The largest absolute Gasteiger partial charge is 0.344 e. The van der Waals surface area contributed by atoms with E-state index in [4.69, 9.17) is 4.98 Å². The molecular weight excluding hydrogens is 338 g/mol. The summed E-state index contributed by atoms with van der Waals surface area (Å²) >= 11 is 0. The van der Waals surface area contributed by atoms with Gasteiger partial charge in [0.2, 0.25) is 5.95 Å². The molecule has 0 unspecified atom stereocenters. The molecular formula is C20H23N7. The topological polar surface area (TPSA) is 71.8 Å². The van der Waals surface area contributed by atoms with Crippen LogP contribution < -0.4 is 10.2 Å². The minimum absolute atomic E-state index is 0.511. The Morgan fingerprint density at radius 2 is 1.81 bits per heavy atom. The van der Waals surface area contributed by atoms with Crippen LogP contribution in [0.5, 0.6) is 0 Å². The first kappa shape index (κ1) is 16.2. The van der Waals surface area contributed by atoms with Crippen molar-refractivity contribution < 1.29 is 0 Å². The van der Waals surface area contributed by atoms with Crippen molar-refractivity contribution in [1.82, 2.24) is 24.7 Å². The summed E-state index contributed by atoms with van der Waals surface area (Å²) in [5.41, 5.74) is 3.19. The van der Waals surface area contributed by atoms with Crippen molar-refractivity contribution in [3.63, 3.8) is 0 Å². The van der Waals surface area contributed by atoms with Crippen molar-refractivity contribution in [2.24, 2.45) is 0 Å². The summed E-state index contributed by atoms with van der Waals surface area (Å²) in [5.74, 6) is 3.44. The van der Waals surface area contributed by atoms with Gasteiger partial charge >= 0.3 is 0 Å². The Labute approximate surface area is 158 Å². The molecule has 1 aromatic carbocycles. The number of anilines is 3. The van der Waals surface area contributed by atoms with E-state index in [0.29, 0.717) is 12.0 Å². The SMILES string of the molecule is Cc1ccc(Nc2ncc3c(n2)N(C2CCCC2)Cc2nnc(C)n2-3)cc1. The van der Waals surface area contributed by atoms with Crippen molar-refractivity contribution >= 4 is 17.5 Å². The molecule has 1 N–H and O–H groups in total. The molecule has 0 atom stereocenters. The fraction of sp³-hybridized carbons (Fsp3) is 0.400. The summed E-state index contributed by atoms with van der Waals surface area (Å²) in [7, 11) is 0. The molecule has 138 valence electrons. The molecule has 0 saturated heterocycles. The van der Waals surface area contributed by atoms with Crippen LogP contribution in [0.3, 0.4) is 0 Å². The Balaban J connectivity index is 1.55. The van der Waals surface area contributed by atoms with E-state index in [9.17, 15) is 0 Å². The minimum Gasteiger partial charge on any atom is -0.344 e. The molecule has 1 fully saturated rings. The predicted molar refractivity (Wildman–Crippen MR) is 105 cm³/mol. The van der Waals surface area contributed by atoms with Gasteiger partial charge in [0.15, 0.2) is 11.6 Å². The van der Waals surface area contributed by atoms with E-state index < -0.39 is 0 Å². The fourth-order valence-corrected chi connectivity index (χ4v) is 4.13. The summed E-state index contributed by atoms with van der Waals surface area (Å²) in [5, 5.41) is 12.0. The molecule has 1 saturated carbocycles. The standard InChI is InChI=1S/C20H23N7/c1-13-7-9-15(10-8-13)22-20-21-11-17-19(23-20)26(16-5-3-4-6-16)12-18-25-24-14(2)27(17)18/h7-11,16H,3-6,12H2,1-2H3,(H,21,22,23). The number of rotatable bonds is 3. The number of aryl methyl sites for hydroxylation is 2. The second kappa shape index (κ2) is 6.33. The molecule has 3 aromatic rings. The third-order valence-electron chi connectivity index (χ3n) is 5.54.